The summed E-state index contributed by atoms with van der Waals surface area (Å²) in [5.41, 5.74) is 2.78. The third-order valence-corrected chi connectivity index (χ3v) is 5.30. The first-order valence-corrected chi connectivity index (χ1v) is 8.56. The van der Waals surface area contributed by atoms with Crippen molar-refractivity contribution in [2.24, 2.45) is 11.8 Å². The summed E-state index contributed by atoms with van der Waals surface area (Å²) < 4.78 is 28.8. The molecule has 5 nitrogen and oxygen atoms in total. The fourth-order valence-electron chi connectivity index (χ4n) is 2.55. The van der Waals surface area contributed by atoms with E-state index in [4.69, 9.17) is 10.6 Å². The summed E-state index contributed by atoms with van der Waals surface area (Å²) in [7, 11) is -2.94. The van der Waals surface area contributed by atoms with Crippen LogP contribution in [0.4, 0.5) is 0 Å². The van der Waals surface area contributed by atoms with Gasteiger partial charge in [-0.1, -0.05) is 6.42 Å². The lowest BCUT2D eigenvalue weighted by Gasteiger charge is -2.33. The van der Waals surface area contributed by atoms with E-state index in [2.05, 4.69) is 5.43 Å². The van der Waals surface area contributed by atoms with Crippen molar-refractivity contribution in [2.75, 3.05) is 12.9 Å². The van der Waals surface area contributed by atoms with Crippen LogP contribution in [-0.2, 0) is 14.6 Å². The topological polar surface area (TPSA) is 81.4 Å². The van der Waals surface area contributed by atoms with E-state index in [-0.39, 0.29) is 23.3 Å². The van der Waals surface area contributed by atoms with Crippen LogP contribution >= 0.6 is 0 Å². The molecule has 3 N–H and O–H groups in total. The molecule has 0 amide bonds. The molecule has 3 atom stereocenters. The SMILES string of the molecule is CC(C)OCC(NN)C1CCCC(S(C)(=O)=O)C1. The minimum absolute atomic E-state index is 0.0388. The average Bonchev–Trinajstić information content (AvgIpc) is 2.29. The van der Waals surface area contributed by atoms with Crippen molar-refractivity contribution in [3.05, 3.63) is 0 Å². The molecular weight excluding hydrogens is 252 g/mol. The van der Waals surface area contributed by atoms with Gasteiger partial charge in [-0.05, 0) is 39.0 Å². The maximum Gasteiger partial charge on any atom is 0.150 e. The summed E-state index contributed by atoms with van der Waals surface area (Å²) in [4.78, 5) is 0. The highest BCUT2D eigenvalue weighted by Gasteiger charge is 2.32. The molecule has 1 aliphatic rings. The van der Waals surface area contributed by atoms with Crippen LogP contribution in [0.2, 0.25) is 0 Å². The smallest absolute Gasteiger partial charge is 0.150 e. The van der Waals surface area contributed by atoms with Gasteiger partial charge in [-0.2, -0.15) is 0 Å². The largest absolute Gasteiger partial charge is 0.377 e. The van der Waals surface area contributed by atoms with Crippen molar-refractivity contribution in [3.63, 3.8) is 0 Å². The van der Waals surface area contributed by atoms with Gasteiger partial charge in [0.2, 0.25) is 0 Å². The normalized spacial score (nSPS) is 27.4. The van der Waals surface area contributed by atoms with Crippen LogP contribution in [0.15, 0.2) is 0 Å². The zero-order valence-electron chi connectivity index (χ0n) is 11.6. The highest BCUT2D eigenvalue weighted by atomic mass is 32.2. The fraction of sp³-hybridized carbons (Fsp3) is 1.00. The third-order valence-electron chi connectivity index (χ3n) is 3.66. The molecule has 108 valence electrons. The van der Waals surface area contributed by atoms with Gasteiger partial charge in [0.25, 0.3) is 0 Å². The lowest BCUT2D eigenvalue weighted by Crippen LogP contribution is -2.47. The monoisotopic (exact) mass is 278 g/mol. The lowest BCUT2D eigenvalue weighted by molar-refractivity contribution is 0.0431. The van der Waals surface area contributed by atoms with Crippen molar-refractivity contribution in [1.82, 2.24) is 5.43 Å². The van der Waals surface area contributed by atoms with E-state index in [0.29, 0.717) is 13.0 Å². The number of rotatable bonds is 6. The Labute approximate surface area is 110 Å². The molecule has 0 saturated heterocycles. The molecule has 1 aliphatic carbocycles. The Bertz CT molecular complexity index is 343. The van der Waals surface area contributed by atoms with E-state index < -0.39 is 9.84 Å². The Morgan fingerprint density at radius 1 is 1.39 bits per heavy atom. The Morgan fingerprint density at radius 3 is 2.56 bits per heavy atom. The van der Waals surface area contributed by atoms with Gasteiger partial charge >= 0.3 is 0 Å². The van der Waals surface area contributed by atoms with Crippen molar-refractivity contribution in [3.8, 4) is 0 Å². The van der Waals surface area contributed by atoms with Crippen LogP contribution in [0.1, 0.15) is 39.5 Å². The van der Waals surface area contributed by atoms with E-state index in [1.54, 1.807) is 0 Å². The van der Waals surface area contributed by atoms with Crippen LogP contribution < -0.4 is 11.3 Å². The summed E-state index contributed by atoms with van der Waals surface area (Å²) in [6, 6.07) is 0.0388. The Kier molecular flexibility index (Phi) is 6.04. The molecular formula is C12H26N2O3S. The molecule has 0 radical (unpaired) electrons. The Morgan fingerprint density at radius 2 is 2.06 bits per heavy atom. The van der Waals surface area contributed by atoms with E-state index in [1.165, 1.54) is 6.26 Å². The summed E-state index contributed by atoms with van der Waals surface area (Å²) >= 11 is 0. The molecule has 0 spiro atoms. The summed E-state index contributed by atoms with van der Waals surface area (Å²) in [6.45, 7) is 4.50. The Hall–Kier alpha value is -0.170. The number of sulfone groups is 1. The first kappa shape index (κ1) is 15.9. The third kappa shape index (κ3) is 4.84. The average molecular weight is 278 g/mol. The molecule has 1 saturated carbocycles. The van der Waals surface area contributed by atoms with E-state index in [9.17, 15) is 8.42 Å². The molecule has 6 heteroatoms. The summed E-state index contributed by atoms with van der Waals surface area (Å²) in [5.74, 6) is 5.84. The lowest BCUT2D eigenvalue weighted by atomic mass is 9.84. The second-order valence-corrected chi connectivity index (χ2v) is 7.86. The molecule has 1 rings (SSSR count). The van der Waals surface area contributed by atoms with Gasteiger partial charge in [0.05, 0.1) is 18.0 Å². The van der Waals surface area contributed by atoms with Crippen LogP contribution in [-0.4, -0.2) is 38.7 Å². The van der Waals surface area contributed by atoms with Crippen LogP contribution in [0.3, 0.4) is 0 Å². The molecule has 1 fully saturated rings. The molecule has 0 aromatic carbocycles. The molecule has 0 aromatic rings. The molecule has 0 aromatic heterocycles. The maximum atomic E-state index is 11.6. The molecule has 0 aliphatic heterocycles. The van der Waals surface area contributed by atoms with Crippen molar-refractivity contribution in [1.29, 1.82) is 0 Å². The van der Waals surface area contributed by atoms with Crippen molar-refractivity contribution < 1.29 is 13.2 Å². The second-order valence-electron chi connectivity index (χ2n) is 5.53. The van der Waals surface area contributed by atoms with Gasteiger partial charge in [-0.25, -0.2) is 8.42 Å². The highest BCUT2D eigenvalue weighted by molar-refractivity contribution is 7.91. The fourth-order valence-corrected chi connectivity index (χ4v) is 3.74. The number of ether oxygens (including phenoxy) is 1. The number of hydrogen-bond donors (Lipinski definition) is 2. The molecule has 18 heavy (non-hydrogen) atoms. The van der Waals surface area contributed by atoms with Crippen LogP contribution in [0.25, 0.3) is 0 Å². The van der Waals surface area contributed by atoms with Gasteiger partial charge in [0.1, 0.15) is 9.84 Å². The standard InChI is InChI=1S/C12H26N2O3S/c1-9(2)17-8-12(14-13)10-5-4-6-11(7-10)18(3,15)16/h9-12,14H,4-8,13H2,1-3H3. The molecule has 3 unspecified atom stereocenters. The van der Waals surface area contributed by atoms with Crippen LogP contribution in [0, 0.1) is 5.92 Å². The Balaban J connectivity index is 2.58. The number of nitrogens with two attached hydrogens (primary N) is 1. The quantitative estimate of drug-likeness (QED) is 0.556. The molecule has 0 bridgehead atoms. The maximum absolute atomic E-state index is 11.6. The first-order chi connectivity index (χ1) is 8.34. The van der Waals surface area contributed by atoms with Gasteiger partial charge in [0.15, 0.2) is 0 Å². The van der Waals surface area contributed by atoms with Crippen LogP contribution in [0.5, 0.6) is 0 Å². The number of hydrazine groups is 1. The number of nitrogens with one attached hydrogen (secondary N) is 1. The minimum Gasteiger partial charge on any atom is -0.377 e. The predicted octanol–water partition coefficient (Wildman–Crippen LogP) is 0.847. The van der Waals surface area contributed by atoms with Gasteiger partial charge in [-0.3, -0.25) is 11.3 Å². The summed E-state index contributed by atoms with van der Waals surface area (Å²) in [6.07, 6.45) is 4.92. The van der Waals surface area contributed by atoms with E-state index in [1.807, 2.05) is 13.8 Å². The van der Waals surface area contributed by atoms with Gasteiger partial charge in [-0.15, -0.1) is 0 Å². The zero-order chi connectivity index (χ0) is 13.8. The molecule has 0 heterocycles. The van der Waals surface area contributed by atoms with E-state index in [0.717, 1.165) is 19.3 Å². The minimum atomic E-state index is -2.94. The second kappa shape index (κ2) is 6.84. The van der Waals surface area contributed by atoms with Gasteiger partial charge in [0, 0.05) is 12.3 Å². The summed E-state index contributed by atoms with van der Waals surface area (Å²) in [5, 5.41) is -0.217. The van der Waals surface area contributed by atoms with Crippen molar-refractivity contribution in [2.45, 2.75) is 56.9 Å². The predicted molar refractivity (Wildman–Crippen MR) is 72.8 cm³/mol. The van der Waals surface area contributed by atoms with E-state index >= 15 is 0 Å². The number of hydrogen-bond acceptors (Lipinski definition) is 5. The van der Waals surface area contributed by atoms with Crippen molar-refractivity contribution >= 4 is 9.84 Å². The van der Waals surface area contributed by atoms with Gasteiger partial charge < -0.3 is 4.74 Å². The highest BCUT2D eigenvalue weighted by Crippen LogP contribution is 2.30. The first-order valence-electron chi connectivity index (χ1n) is 6.61. The zero-order valence-corrected chi connectivity index (χ0v) is 12.4.